The maximum atomic E-state index is 9.37. The summed E-state index contributed by atoms with van der Waals surface area (Å²) in [7, 11) is 1.61. The van der Waals surface area contributed by atoms with Gasteiger partial charge >= 0.3 is 0 Å². The van der Waals surface area contributed by atoms with Crippen LogP contribution in [0.3, 0.4) is 0 Å². The van der Waals surface area contributed by atoms with Gasteiger partial charge in [0, 0.05) is 6.07 Å². The van der Waals surface area contributed by atoms with Crippen molar-refractivity contribution in [1.82, 2.24) is 0 Å². The van der Waals surface area contributed by atoms with Gasteiger partial charge in [0.1, 0.15) is 11.5 Å². The fourth-order valence-corrected chi connectivity index (χ4v) is 1.55. The van der Waals surface area contributed by atoms with Crippen LogP contribution in [0.1, 0.15) is 17.5 Å². The Kier molecular flexibility index (Phi) is 3.77. The minimum absolute atomic E-state index is 0.246. The molecule has 3 heteroatoms. The number of hydrogen-bond donors (Lipinski definition) is 2. The zero-order valence-electron chi connectivity index (χ0n) is 8.71. The molecule has 0 bridgehead atoms. The lowest BCUT2D eigenvalue weighted by Crippen LogP contribution is -2.03. The molecule has 0 atom stereocenters. The fraction of sp³-hybridized carbons (Fsp3) is 0.455. The Morgan fingerprint density at radius 3 is 2.71 bits per heavy atom. The number of methoxy groups -OCH3 is 1. The highest BCUT2D eigenvalue weighted by Crippen LogP contribution is 2.28. The molecule has 0 unspecified atom stereocenters. The molecular formula is C11H17NO2. The van der Waals surface area contributed by atoms with Crippen molar-refractivity contribution >= 4 is 0 Å². The Morgan fingerprint density at radius 1 is 1.43 bits per heavy atom. The van der Waals surface area contributed by atoms with Gasteiger partial charge in [0.2, 0.25) is 0 Å². The van der Waals surface area contributed by atoms with Gasteiger partial charge in [0.25, 0.3) is 0 Å². The molecule has 0 fully saturated rings. The number of phenols is 1. The van der Waals surface area contributed by atoms with Gasteiger partial charge in [-0.3, -0.25) is 0 Å². The van der Waals surface area contributed by atoms with Crippen molar-refractivity contribution in [2.45, 2.75) is 19.8 Å². The lowest BCUT2D eigenvalue weighted by Gasteiger charge is -2.11. The molecule has 0 heterocycles. The zero-order valence-corrected chi connectivity index (χ0v) is 8.71. The van der Waals surface area contributed by atoms with Crippen molar-refractivity contribution in [1.29, 1.82) is 0 Å². The predicted molar refractivity (Wildman–Crippen MR) is 56.8 cm³/mol. The summed E-state index contributed by atoms with van der Waals surface area (Å²) in [5, 5.41) is 9.37. The molecule has 1 aromatic rings. The molecule has 78 valence electrons. The van der Waals surface area contributed by atoms with Crippen LogP contribution in [0.4, 0.5) is 0 Å². The Bertz CT molecular complexity index is 310. The lowest BCUT2D eigenvalue weighted by molar-refractivity contribution is 0.401. The van der Waals surface area contributed by atoms with Crippen LogP contribution in [-0.4, -0.2) is 18.8 Å². The van der Waals surface area contributed by atoms with E-state index in [1.807, 2.05) is 6.92 Å². The predicted octanol–water partition coefficient (Wildman–Crippen LogP) is 1.60. The molecule has 0 aromatic heterocycles. The summed E-state index contributed by atoms with van der Waals surface area (Å²) in [6.45, 7) is 2.64. The molecule has 0 aliphatic heterocycles. The van der Waals surface area contributed by atoms with Gasteiger partial charge in [0.05, 0.1) is 7.11 Å². The van der Waals surface area contributed by atoms with E-state index in [1.165, 1.54) is 0 Å². The van der Waals surface area contributed by atoms with Gasteiger partial charge in [0.15, 0.2) is 0 Å². The second-order valence-electron chi connectivity index (χ2n) is 3.34. The minimum atomic E-state index is 0.246. The van der Waals surface area contributed by atoms with E-state index in [-0.39, 0.29) is 5.75 Å². The lowest BCUT2D eigenvalue weighted by atomic mass is 10.0. The molecule has 0 saturated carbocycles. The summed E-state index contributed by atoms with van der Waals surface area (Å²) in [6.07, 6.45) is 1.83. The summed E-state index contributed by atoms with van der Waals surface area (Å²) in [6, 6.07) is 3.38. The first-order valence-electron chi connectivity index (χ1n) is 4.75. The van der Waals surface area contributed by atoms with Crippen molar-refractivity contribution in [3.63, 3.8) is 0 Å². The molecule has 1 rings (SSSR count). The van der Waals surface area contributed by atoms with E-state index >= 15 is 0 Å². The van der Waals surface area contributed by atoms with Gasteiger partial charge < -0.3 is 15.6 Å². The van der Waals surface area contributed by atoms with E-state index in [0.717, 1.165) is 29.7 Å². The average molecular weight is 195 g/mol. The zero-order chi connectivity index (χ0) is 10.6. The van der Waals surface area contributed by atoms with Crippen LogP contribution in [0.5, 0.6) is 11.5 Å². The van der Waals surface area contributed by atoms with Crippen LogP contribution in [0.25, 0.3) is 0 Å². The smallest absolute Gasteiger partial charge is 0.125 e. The van der Waals surface area contributed by atoms with Gasteiger partial charge in [-0.05, 0) is 43.5 Å². The molecule has 0 aliphatic rings. The van der Waals surface area contributed by atoms with E-state index < -0.39 is 0 Å². The summed E-state index contributed by atoms with van der Waals surface area (Å²) in [5.74, 6) is 0.992. The first kappa shape index (κ1) is 10.9. The highest BCUT2D eigenvalue weighted by atomic mass is 16.5. The summed E-state index contributed by atoms with van der Waals surface area (Å²) in [5.41, 5.74) is 7.64. The van der Waals surface area contributed by atoms with E-state index in [0.29, 0.717) is 6.54 Å². The van der Waals surface area contributed by atoms with E-state index in [4.69, 9.17) is 10.5 Å². The number of aromatic hydroxyl groups is 1. The molecule has 3 nitrogen and oxygen atoms in total. The SMILES string of the molecule is COc1cc(O)cc(C)c1CCCN. The van der Waals surface area contributed by atoms with Crippen molar-refractivity contribution in [3.8, 4) is 11.5 Å². The van der Waals surface area contributed by atoms with Gasteiger partial charge in [-0.25, -0.2) is 0 Å². The first-order valence-corrected chi connectivity index (χ1v) is 4.75. The number of benzene rings is 1. The van der Waals surface area contributed by atoms with Crippen molar-refractivity contribution in [2.24, 2.45) is 5.73 Å². The standard InChI is InChI=1S/C11H17NO2/c1-8-6-9(13)7-11(14-2)10(8)4-3-5-12/h6-7,13H,3-5,12H2,1-2H3. The normalized spacial score (nSPS) is 10.2. The van der Waals surface area contributed by atoms with Crippen LogP contribution in [-0.2, 0) is 6.42 Å². The third-order valence-electron chi connectivity index (χ3n) is 2.27. The van der Waals surface area contributed by atoms with Gasteiger partial charge in [-0.15, -0.1) is 0 Å². The Labute approximate surface area is 84.5 Å². The van der Waals surface area contributed by atoms with Crippen LogP contribution in [0, 0.1) is 6.92 Å². The van der Waals surface area contributed by atoms with Crippen LogP contribution < -0.4 is 10.5 Å². The van der Waals surface area contributed by atoms with Gasteiger partial charge in [-0.1, -0.05) is 0 Å². The number of aryl methyl sites for hydroxylation is 1. The maximum absolute atomic E-state index is 9.37. The molecule has 0 radical (unpaired) electrons. The topological polar surface area (TPSA) is 55.5 Å². The Balaban J connectivity index is 2.99. The second kappa shape index (κ2) is 4.86. The molecule has 0 amide bonds. The molecule has 1 aromatic carbocycles. The molecular weight excluding hydrogens is 178 g/mol. The number of nitrogens with two attached hydrogens (primary N) is 1. The number of rotatable bonds is 4. The molecule has 3 N–H and O–H groups in total. The number of ether oxygens (including phenoxy) is 1. The summed E-state index contributed by atoms with van der Waals surface area (Å²) in [4.78, 5) is 0. The second-order valence-corrected chi connectivity index (χ2v) is 3.34. The first-order chi connectivity index (χ1) is 6.69. The molecule has 14 heavy (non-hydrogen) atoms. The van der Waals surface area contributed by atoms with Crippen LogP contribution in [0.2, 0.25) is 0 Å². The van der Waals surface area contributed by atoms with Crippen molar-refractivity contribution in [2.75, 3.05) is 13.7 Å². The van der Waals surface area contributed by atoms with Crippen LogP contribution in [0.15, 0.2) is 12.1 Å². The Hall–Kier alpha value is -1.22. The Morgan fingerprint density at radius 2 is 2.14 bits per heavy atom. The summed E-state index contributed by atoms with van der Waals surface area (Å²) >= 11 is 0. The monoisotopic (exact) mass is 195 g/mol. The molecule has 0 saturated heterocycles. The highest BCUT2D eigenvalue weighted by molar-refractivity contribution is 5.45. The summed E-state index contributed by atoms with van der Waals surface area (Å²) < 4.78 is 5.20. The van der Waals surface area contributed by atoms with Crippen molar-refractivity contribution < 1.29 is 9.84 Å². The number of phenolic OH excluding ortho intramolecular Hbond substituents is 1. The quantitative estimate of drug-likeness (QED) is 0.767. The van der Waals surface area contributed by atoms with Gasteiger partial charge in [-0.2, -0.15) is 0 Å². The van der Waals surface area contributed by atoms with E-state index in [1.54, 1.807) is 19.2 Å². The van der Waals surface area contributed by atoms with E-state index in [2.05, 4.69) is 0 Å². The van der Waals surface area contributed by atoms with E-state index in [9.17, 15) is 5.11 Å². The van der Waals surface area contributed by atoms with Crippen molar-refractivity contribution in [3.05, 3.63) is 23.3 Å². The third-order valence-corrected chi connectivity index (χ3v) is 2.27. The molecule has 0 spiro atoms. The van der Waals surface area contributed by atoms with Crippen LogP contribution >= 0.6 is 0 Å². The average Bonchev–Trinajstić information content (AvgIpc) is 2.15. The number of hydrogen-bond acceptors (Lipinski definition) is 3. The third kappa shape index (κ3) is 2.39. The molecule has 0 aliphatic carbocycles. The largest absolute Gasteiger partial charge is 0.508 e. The highest BCUT2D eigenvalue weighted by Gasteiger charge is 2.07. The fourth-order valence-electron chi connectivity index (χ4n) is 1.55. The maximum Gasteiger partial charge on any atom is 0.125 e. The minimum Gasteiger partial charge on any atom is -0.508 e.